The van der Waals surface area contributed by atoms with Crippen molar-refractivity contribution in [1.29, 1.82) is 0 Å². The van der Waals surface area contributed by atoms with Crippen LogP contribution in [0.15, 0.2) is 16.8 Å². The van der Waals surface area contributed by atoms with E-state index in [1.54, 1.807) is 16.8 Å². The maximum absolute atomic E-state index is 10.5. The molecule has 56 valence electrons. The largest absolute Gasteiger partial charge is 0.382 e. The molecule has 0 N–H and O–H groups in total. The molecule has 0 bridgehead atoms. The van der Waals surface area contributed by atoms with Crippen LogP contribution in [0.5, 0.6) is 5.75 Å². The molecule has 0 amide bonds. The maximum Gasteiger partial charge on any atom is 0.306 e. The first kappa shape index (κ1) is 7.56. The lowest BCUT2D eigenvalue weighted by Gasteiger charge is -1.96. The van der Waals surface area contributed by atoms with Gasteiger partial charge >= 0.3 is 10.1 Å². The van der Waals surface area contributed by atoms with E-state index < -0.39 is 10.1 Å². The van der Waals surface area contributed by atoms with E-state index in [0.29, 0.717) is 5.75 Å². The predicted molar refractivity (Wildman–Crippen MR) is 39.8 cm³/mol. The average molecular weight is 178 g/mol. The fourth-order valence-electron chi connectivity index (χ4n) is 0.474. The lowest BCUT2D eigenvalue weighted by molar-refractivity contribution is 0.494. The van der Waals surface area contributed by atoms with Gasteiger partial charge in [0.2, 0.25) is 0 Å². The van der Waals surface area contributed by atoms with E-state index in [2.05, 4.69) is 4.18 Å². The van der Waals surface area contributed by atoms with Crippen molar-refractivity contribution < 1.29 is 12.6 Å². The first-order valence-corrected chi connectivity index (χ1v) is 5.25. The molecule has 0 fully saturated rings. The number of hydrogen-bond acceptors (Lipinski definition) is 4. The fourth-order valence-corrected chi connectivity index (χ4v) is 1.54. The molecule has 0 aromatic carbocycles. The van der Waals surface area contributed by atoms with Crippen molar-refractivity contribution in [3.63, 3.8) is 0 Å². The van der Waals surface area contributed by atoms with Gasteiger partial charge in [0.25, 0.3) is 0 Å². The van der Waals surface area contributed by atoms with Crippen LogP contribution in [-0.2, 0) is 10.1 Å². The van der Waals surface area contributed by atoms with Gasteiger partial charge in [-0.3, -0.25) is 0 Å². The van der Waals surface area contributed by atoms with E-state index in [-0.39, 0.29) is 0 Å². The van der Waals surface area contributed by atoms with Crippen molar-refractivity contribution in [1.82, 2.24) is 0 Å². The summed E-state index contributed by atoms with van der Waals surface area (Å²) in [7, 11) is -3.34. The van der Waals surface area contributed by atoms with E-state index in [9.17, 15) is 8.42 Å². The predicted octanol–water partition coefficient (Wildman–Crippen LogP) is 1.09. The highest BCUT2D eigenvalue weighted by Crippen LogP contribution is 2.15. The minimum atomic E-state index is -3.34. The molecule has 0 spiro atoms. The zero-order valence-corrected chi connectivity index (χ0v) is 6.91. The summed E-state index contributed by atoms with van der Waals surface area (Å²) in [4.78, 5) is 0. The lowest BCUT2D eigenvalue weighted by atomic mass is 10.6. The van der Waals surface area contributed by atoms with Gasteiger partial charge in [-0.05, 0) is 11.4 Å². The van der Waals surface area contributed by atoms with Crippen LogP contribution in [0, 0.1) is 0 Å². The molecule has 10 heavy (non-hydrogen) atoms. The second kappa shape index (κ2) is 2.59. The summed E-state index contributed by atoms with van der Waals surface area (Å²) in [6.07, 6.45) is 1.02. The maximum atomic E-state index is 10.5. The molecule has 1 aromatic heterocycles. The van der Waals surface area contributed by atoms with E-state index >= 15 is 0 Å². The van der Waals surface area contributed by atoms with Gasteiger partial charge in [0.05, 0.1) is 6.26 Å². The summed E-state index contributed by atoms with van der Waals surface area (Å²) < 4.78 is 25.5. The molecule has 0 saturated carbocycles. The van der Waals surface area contributed by atoms with Crippen molar-refractivity contribution in [2.45, 2.75) is 0 Å². The Bertz CT molecular complexity index is 285. The number of rotatable bonds is 2. The molecule has 0 saturated heterocycles. The van der Waals surface area contributed by atoms with Crippen molar-refractivity contribution in [2.24, 2.45) is 0 Å². The zero-order chi connectivity index (χ0) is 7.61. The fraction of sp³-hybridized carbons (Fsp3) is 0.200. The second-order valence-electron chi connectivity index (χ2n) is 1.75. The Morgan fingerprint density at radius 1 is 1.60 bits per heavy atom. The van der Waals surface area contributed by atoms with Crippen molar-refractivity contribution in [2.75, 3.05) is 6.26 Å². The topological polar surface area (TPSA) is 43.4 Å². The molecule has 0 aliphatic rings. The molecule has 0 atom stereocenters. The van der Waals surface area contributed by atoms with Crippen LogP contribution >= 0.6 is 11.3 Å². The molecular formula is C5H6O3S2. The highest BCUT2D eigenvalue weighted by Gasteiger charge is 2.02. The van der Waals surface area contributed by atoms with E-state index in [0.717, 1.165) is 6.26 Å². The molecule has 1 rings (SSSR count). The molecule has 1 heterocycles. The molecule has 3 nitrogen and oxygen atoms in total. The zero-order valence-electron chi connectivity index (χ0n) is 5.27. The van der Waals surface area contributed by atoms with Gasteiger partial charge in [0, 0.05) is 5.38 Å². The average Bonchev–Trinajstić information content (AvgIpc) is 2.12. The molecule has 0 aliphatic carbocycles. The summed E-state index contributed by atoms with van der Waals surface area (Å²) in [5.74, 6) is 0.382. The van der Waals surface area contributed by atoms with Crippen LogP contribution < -0.4 is 4.18 Å². The van der Waals surface area contributed by atoms with Gasteiger partial charge in [-0.2, -0.15) is 8.42 Å². The third kappa shape index (κ3) is 2.36. The van der Waals surface area contributed by atoms with Crippen LogP contribution in [0.4, 0.5) is 0 Å². The molecule has 0 unspecified atom stereocenters. The SMILES string of the molecule is CS(=O)(=O)Oc1ccsc1. The smallest absolute Gasteiger partial charge is 0.306 e. The van der Waals surface area contributed by atoms with Gasteiger partial charge in [0.15, 0.2) is 5.75 Å². The van der Waals surface area contributed by atoms with Crippen molar-refractivity contribution in [3.05, 3.63) is 16.8 Å². The lowest BCUT2D eigenvalue weighted by Crippen LogP contribution is -2.04. The van der Waals surface area contributed by atoms with Crippen LogP contribution in [0.3, 0.4) is 0 Å². The van der Waals surface area contributed by atoms with Gasteiger partial charge < -0.3 is 4.18 Å². The minimum Gasteiger partial charge on any atom is -0.382 e. The van der Waals surface area contributed by atoms with E-state index in [1.807, 2.05) is 0 Å². The Labute approximate surface area is 63.4 Å². The van der Waals surface area contributed by atoms with Crippen molar-refractivity contribution in [3.8, 4) is 5.75 Å². The van der Waals surface area contributed by atoms with Gasteiger partial charge in [-0.1, -0.05) is 0 Å². The first-order chi connectivity index (χ1) is 4.58. The summed E-state index contributed by atoms with van der Waals surface area (Å²) >= 11 is 1.39. The Morgan fingerprint density at radius 3 is 2.70 bits per heavy atom. The summed E-state index contributed by atoms with van der Waals surface area (Å²) in [5.41, 5.74) is 0. The third-order valence-corrected chi connectivity index (χ3v) is 1.90. The Kier molecular flexibility index (Phi) is 1.96. The summed E-state index contributed by atoms with van der Waals surface area (Å²) in [6, 6.07) is 1.60. The highest BCUT2D eigenvalue weighted by atomic mass is 32.2. The van der Waals surface area contributed by atoms with Crippen molar-refractivity contribution >= 4 is 21.5 Å². The van der Waals surface area contributed by atoms with E-state index in [1.165, 1.54) is 11.3 Å². The summed E-state index contributed by atoms with van der Waals surface area (Å²) in [6.45, 7) is 0. The summed E-state index contributed by atoms with van der Waals surface area (Å²) in [5, 5.41) is 3.38. The Hall–Kier alpha value is -0.550. The quantitative estimate of drug-likeness (QED) is 0.637. The molecule has 0 radical (unpaired) electrons. The second-order valence-corrected chi connectivity index (χ2v) is 4.10. The molecule has 1 aromatic rings. The molecule has 5 heteroatoms. The highest BCUT2D eigenvalue weighted by molar-refractivity contribution is 7.86. The Balaban J connectivity index is 2.75. The first-order valence-electron chi connectivity index (χ1n) is 2.49. The van der Waals surface area contributed by atoms with Crippen LogP contribution in [0.1, 0.15) is 0 Å². The van der Waals surface area contributed by atoms with Gasteiger partial charge in [-0.15, -0.1) is 11.3 Å². The van der Waals surface area contributed by atoms with Gasteiger partial charge in [0.1, 0.15) is 0 Å². The minimum absolute atomic E-state index is 0.382. The van der Waals surface area contributed by atoms with E-state index in [4.69, 9.17) is 0 Å². The molecular weight excluding hydrogens is 172 g/mol. The van der Waals surface area contributed by atoms with Crippen LogP contribution in [-0.4, -0.2) is 14.7 Å². The Morgan fingerprint density at radius 2 is 2.30 bits per heavy atom. The standard InChI is InChI=1S/C5H6O3S2/c1-10(6,7)8-5-2-3-9-4-5/h2-4H,1H3. The van der Waals surface area contributed by atoms with Gasteiger partial charge in [-0.25, -0.2) is 0 Å². The number of thiophene rings is 1. The third-order valence-electron chi connectivity index (χ3n) is 0.743. The number of hydrogen-bond donors (Lipinski definition) is 0. The monoisotopic (exact) mass is 178 g/mol. The molecule has 0 aliphatic heterocycles. The van der Waals surface area contributed by atoms with Crippen LogP contribution in [0.2, 0.25) is 0 Å². The normalized spacial score (nSPS) is 11.3. The van der Waals surface area contributed by atoms with Crippen LogP contribution in [0.25, 0.3) is 0 Å².